The molecule has 0 fully saturated rings. The Balaban J connectivity index is 2.30. The third-order valence-corrected chi connectivity index (χ3v) is 3.44. The van der Waals surface area contributed by atoms with Gasteiger partial charge >= 0.3 is 5.97 Å². The lowest BCUT2D eigenvalue weighted by Gasteiger charge is -2.09. The van der Waals surface area contributed by atoms with E-state index in [9.17, 15) is 4.79 Å². The Bertz CT molecular complexity index is 342. The maximum absolute atomic E-state index is 11.1. The van der Waals surface area contributed by atoms with Crippen LogP contribution in [0.25, 0.3) is 0 Å². The molecule has 1 atom stereocenters. The zero-order valence-electron chi connectivity index (χ0n) is 8.87. The molecule has 0 aromatic heterocycles. The highest BCUT2D eigenvalue weighted by Crippen LogP contribution is 2.07. The number of halogens is 2. The van der Waals surface area contributed by atoms with E-state index in [1.54, 1.807) is 0 Å². The van der Waals surface area contributed by atoms with Crippen LogP contribution in [0.2, 0.25) is 0 Å². The van der Waals surface area contributed by atoms with E-state index in [1.165, 1.54) is 16.2 Å². The molecule has 1 unspecified atom stereocenters. The fourth-order valence-electron chi connectivity index (χ4n) is 1.16. The quantitative estimate of drug-likeness (QED) is 0.470. The minimum Gasteiger partial charge on any atom is -0.468 e. The van der Waals surface area contributed by atoms with Crippen molar-refractivity contribution < 1.29 is 9.53 Å². The summed E-state index contributed by atoms with van der Waals surface area (Å²) in [5.74, 6) is -0.255. The molecular weight excluding hydrogens is 385 g/mol. The van der Waals surface area contributed by atoms with Crippen molar-refractivity contribution in [3.05, 3.63) is 33.4 Å². The van der Waals surface area contributed by atoms with E-state index < -0.39 is 0 Å². The van der Waals surface area contributed by atoms with Crippen molar-refractivity contribution in [2.24, 2.45) is 0 Å². The SMILES string of the molecule is COC(=O)C(Br)CNCc1ccc(I)cc1. The number of hydrogen-bond acceptors (Lipinski definition) is 3. The molecular formula is C11H13BrINO2. The number of rotatable bonds is 5. The molecule has 88 valence electrons. The van der Waals surface area contributed by atoms with E-state index in [-0.39, 0.29) is 10.8 Å². The summed E-state index contributed by atoms with van der Waals surface area (Å²) in [6.07, 6.45) is 0. The normalized spacial score (nSPS) is 12.2. The first kappa shape index (κ1) is 13.9. The Morgan fingerprint density at radius 2 is 2.12 bits per heavy atom. The zero-order chi connectivity index (χ0) is 12.0. The average Bonchev–Trinajstić information content (AvgIpc) is 2.30. The molecule has 0 saturated carbocycles. The van der Waals surface area contributed by atoms with Gasteiger partial charge in [-0.2, -0.15) is 0 Å². The van der Waals surface area contributed by atoms with Crippen molar-refractivity contribution in [1.82, 2.24) is 5.32 Å². The lowest BCUT2D eigenvalue weighted by Crippen LogP contribution is -2.29. The summed E-state index contributed by atoms with van der Waals surface area (Å²) in [6, 6.07) is 8.25. The summed E-state index contributed by atoms with van der Waals surface area (Å²) in [4.78, 5) is 10.8. The Kier molecular flexibility index (Phi) is 6.30. The third kappa shape index (κ3) is 4.80. The van der Waals surface area contributed by atoms with Crippen LogP contribution in [-0.4, -0.2) is 24.5 Å². The lowest BCUT2D eigenvalue weighted by molar-refractivity contribution is -0.139. The zero-order valence-corrected chi connectivity index (χ0v) is 12.6. The maximum atomic E-state index is 11.1. The fraction of sp³-hybridized carbons (Fsp3) is 0.364. The molecule has 5 heteroatoms. The molecule has 0 radical (unpaired) electrons. The van der Waals surface area contributed by atoms with Gasteiger partial charge in [-0.1, -0.05) is 28.1 Å². The van der Waals surface area contributed by atoms with Gasteiger partial charge in [-0.15, -0.1) is 0 Å². The van der Waals surface area contributed by atoms with E-state index >= 15 is 0 Å². The molecule has 0 aliphatic heterocycles. The van der Waals surface area contributed by atoms with Crippen molar-refractivity contribution in [2.45, 2.75) is 11.4 Å². The molecule has 1 N–H and O–H groups in total. The average molecular weight is 398 g/mol. The van der Waals surface area contributed by atoms with Gasteiger partial charge in [-0.05, 0) is 40.3 Å². The van der Waals surface area contributed by atoms with E-state index in [0.717, 1.165) is 6.54 Å². The Hall–Kier alpha value is -0.140. The number of carbonyl (C=O) groups is 1. The summed E-state index contributed by atoms with van der Waals surface area (Å²) in [6.45, 7) is 1.30. The summed E-state index contributed by atoms with van der Waals surface area (Å²) in [5, 5.41) is 3.19. The second-order valence-electron chi connectivity index (χ2n) is 3.25. The summed E-state index contributed by atoms with van der Waals surface area (Å²) in [7, 11) is 1.38. The summed E-state index contributed by atoms with van der Waals surface area (Å²) >= 11 is 5.52. The third-order valence-electron chi connectivity index (χ3n) is 2.02. The maximum Gasteiger partial charge on any atom is 0.320 e. The molecule has 0 spiro atoms. The first-order valence-electron chi connectivity index (χ1n) is 4.80. The standard InChI is InChI=1S/C11H13BrINO2/c1-16-11(15)10(12)7-14-6-8-2-4-9(13)5-3-8/h2-5,10,14H,6-7H2,1H3. The molecule has 0 aliphatic rings. The molecule has 0 aliphatic carbocycles. The predicted molar refractivity (Wildman–Crippen MR) is 75.6 cm³/mol. The van der Waals surface area contributed by atoms with Crippen molar-refractivity contribution in [3.8, 4) is 0 Å². The molecule has 0 heterocycles. The van der Waals surface area contributed by atoms with Crippen LogP contribution in [0, 0.1) is 3.57 Å². The molecule has 1 aromatic carbocycles. The van der Waals surface area contributed by atoms with Gasteiger partial charge in [0.15, 0.2) is 0 Å². The number of alkyl halides is 1. The number of carbonyl (C=O) groups excluding carboxylic acids is 1. The van der Waals surface area contributed by atoms with Crippen molar-refractivity contribution in [3.63, 3.8) is 0 Å². The van der Waals surface area contributed by atoms with Crippen molar-refractivity contribution >= 4 is 44.5 Å². The molecule has 16 heavy (non-hydrogen) atoms. The summed E-state index contributed by atoms with van der Waals surface area (Å²) < 4.78 is 5.82. The number of esters is 1. The Labute approximate surface area is 117 Å². The van der Waals surface area contributed by atoms with E-state index in [4.69, 9.17) is 0 Å². The van der Waals surface area contributed by atoms with E-state index in [1.807, 2.05) is 0 Å². The first-order chi connectivity index (χ1) is 7.63. The number of nitrogens with one attached hydrogen (secondary N) is 1. The highest BCUT2D eigenvalue weighted by Gasteiger charge is 2.13. The van der Waals surface area contributed by atoms with Gasteiger partial charge in [0.25, 0.3) is 0 Å². The highest BCUT2D eigenvalue weighted by molar-refractivity contribution is 14.1. The smallest absolute Gasteiger partial charge is 0.320 e. The minimum absolute atomic E-state index is 0.255. The van der Waals surface area contributed by atoms with E-state index in [2.05, 4.69) is 72.8 Å². The summed E-state index contributed by atoms with van der Waals surface area (Å²) in [5.41, 5.74) is 1.20. The lowest BCUT2D eigenvalue weighted by atomic mass is 10.2. The fourth-order valence-corrected chi connectivity index (χ4v) is 1.93. The second kappa shape index (κ2) is 7.24. The van der Waals surface area contributed by atoms with Crippen LogP contribution >= 0.6 is 38.5 Å². The molecule has 3 nitrogen and oxygen atoms in total. The van der Waals surface area contributed by atoms with Gasteiger partial charge in [0.1, 0.15) is 4.83 Å². The second-order valence-corrected chi connectivity index (χ2v) is 5.60. The number of ether oxygens (including phenoxy) is 1. The number of benzene rings is 1. The molecule has 0 saturated heterocycles. The van der Waals surface area contributed by atoms with Gasteiger partial charge < -0.3 is 10.1 Å². The number of methoxy groups -OCH3 is 1. The monoisotopic (exact) mass is 397 g/mol. The van der Waals surface area contributed by atoms with Crippen LogP contribution in [0.1, 0.15) is 5.56 Å². The topological polar surface area (TPSA) is 38.3 Å². The van der Waals surface area contributed by atoms with Crippen LogP contribution in [0.5, 0.6) is 0 Å². The van der Waals surface area contributed by atoms with Crippen molar-refractivity contribution in [2.75, 3.05) is 13.7 Å². The predicted octanol–water partition coefficient (Wildman–Crippen LogP) is 2.32. The van der Waals surface area contributed by atoms with Gasteiger partial charge in [0, 0.05) is 16.7 Å². The largest absolute Gasteiger partial charge is 0.468 e. The van der Waals surface area contributed by atoms with Gasteiger partial charge in [0.05, 0.1) is 7.11 Å². The minimum atomic E-state index is -0.290. The van der Waals surface area contributed by atoms with Gasteiger partial charge in [0.2, 0.25) is 0 Å². The first-order valence-corrected chi connectivity index (χ1v) is 6.80. The molecule has 1 aromatic rings. The van der Waals surface area contributed by atoms with Crippen LogP contribution in [0.15, 0.2) is 24.3 Å². The molecule has 0 bridgehead atoms. The number of hydrogen-bond donors (Lipinski definition) is 1. The van der Waals surface area contributed by atoms with Gasteiger partial charge in [-0.3, -0.25) is 4.79 Å². The Morgan fingerprint density at radius 3 is 2.69 bits per heavy atom. The van der Waals surface area contributed by atoms with Crippen molar-refractivity contribution in [1.29, 1.82) is 0 Å². The highest BCUT2D eigenvalue weighted by atomic mass is 127. The van der Waals surface area contributed by atoms with Crippen LogP contribution in [-0.2, 0) is 16.1 Å². The van der Waals surface area contributed by atoms with Crippen LogP contribution in [0.4, 0.5) is 0 Å². The van der Waals surface area contributed by atoms with E-state index in [0.29, 0.717) is 6.54 Å². The molecule has 1 rings (SSSR count). The van der Waals surface area contributed by atoms with Crippen LogP contribution in [0.3, 0.4) is 0 Å². The molecule has 0 amide bonds. The van der Waals surface area contributed by atoms with Gasteiger partial charge in [-0.25, -0.2) is 0 Å². The van der Waals surface area contributed by atoms with Crippen LogP contribution < -0.4 is 5.32 Å². The Morgan fingerprint density at radius 1 is 1.50 bits per heavy atom.